The highest BCUT2D eigenvalue weighted by Crippen LogP contribution is 2.42. The first-order chi connectivity index (χ1) is 6.65. The van der Waals surface area contributed by atoms with E-state index in [1.807, 2.05) is 12.1 Å². The average Bonchev–Trinajstić information content (AvgIpc) is 2.91. The molecule has 1 saturated carbocycles. The molecule has 0 spiro atoms. The molecule has 0 aromatic heterocycles. The van der Waals surface area contributed by atoms with E-state index < -0.39 is 0 Å². The molecule has 14 heavy (non-hydrogen) atoms. The number of anilines is 2. The lowest BCUT2D eigenvalue weighted by molar-refractivity contribution is 0.702. The molecule has 0 atom stereocenters. The van der Waals surface area contributed by atoms with Gasteiger partial charge in [0.25, 0.3) is 0 Å². The molecule has 1 aliphatic carbocycles. The lowest BCUT2D eigenvalue weighted by atomic mass is 10.1. The van der Waals surface area contributed by atoms with E-state index in [2.05, 4.69) is 12.2 Å². The SMILES string of the molecule is CCC1(Nc2ccc(Cl)cc2N)CC1. The molecule has 0 radical (unpaired) electrons. The monoisotopic (exact) mass is 210 g/mol. The van der Waals surface area contributed by atoms with Crippen LogP contribution in [0.4, 0.5) is 11.4 Å². The molecule has 1 fully saturated rings. The summed E-state index contributed by atoms with van der Waals surface area (Å²) < 4.78 is 0. The minimum absolute atomic E-state index is 0.307. The van der Waals surface area contributed by atoms with Crippen LogP contribution in [0.1, 0.15) is 26.2 Å². The minimum atomic E-state index is 0.307. The molecule has 0 amide bonds. The van der Waals surface area contributed by atoms with E-state index in [0.29, 0.717) is 10.6 Å². The average molecular weight is 211 g/mol. The van der Waals surface area contributed by atoms with E-state index in [1.165, 1.54) is 12.8 Å². The summed E-state index contributed by atoms with van der Waals surface area (Å²) in [4.78, 5) is 0. The Labute approximate surface area is 89.4 Å². The zero-order valence-corrected chi connectivity index (χ0v) is 9.06. The van der Waals surface area contributed by atoms with E-state index in [-0.39, 0.29) is 0 Å². The largest absolute Gasteiger partial charge is 0.397 e. The molecule has 0 unspecified atom stereocenters. The molecule has 1 aliphatic rings. The van der Waals surface area contributed by atoms with E-state index >= 15 is 0 Å². The maximum absolute atomic E-state index is 5.86. The molecule has 3 heteroatoms. The quantitative estimate of drug-likeness (QED) is 0.752. The highest BCUT2D eigenvalue weighted by atomic mass is 35.5. The first kappa shape index (κ1) is 9.66. The van der Waals surface area contributed by atoms with Crippen LogP contribution in [-0.2, 0) is 0 Å². The van der Waals surface area contributed by atoms with Crippen LogP contribution in [0.15, 0.2) is 18.2 Å². The van der Waals surface area contributed by atoms with Crippen LogP contribution >= 0.6 is 11.6 Å². The number of rotatable bonds is 3. The molecule has 1 aromatic rings. The topological polar surface area (TPSA) is 38.0 Å². The van der Waals surface area contributed by atoms with Gasteiger partial charge < -0.3 is 11.1 Å². The maximum atomic E-state index is 5.86. The van der Waals surface area contributed by atoms with E-state index in [9.17, 15) is 0 Å². The predicted molar refractivity (Wildman–Crippen MR) is 61.7 cm³/mol. The number of halogens is 1. The van der Waals surface area contributed by atoms with Crippen molar-refractivity contribution in [3.05, 3.63) is 23.2 Å². The standard InChI is InChI=1S/C11H15ClN2/c1-2-11(5-6-11)14-10-4-3-8(12)7-9(10)13/h3-4,7,14H,2,5-6,13H2,1H3. The second kappa shape index (κ2) is 3.35. The molecule has 2 rings (SSSR count). The van der Waals surface area contributed by atoms with Crippen molar-refractivity contribution in [2.24, 2.45) is 0 Å². The van der Waals surface area contributed by atoms with Crippen LogP contribution in [-0.4, -0.2) is 5.54 Å². The van der Waals surface area contributed by atoms with E-state index in [4.69, 9.17) is 17.3 Å². The number of nitrogens with one attached hydrogen (secondary N) is 1. The number of nitrogens with two attached hydrogens (primary N) is 1. The number of hydrogen-bond acceptors (Lipinski definition) is 2. The number of benzene rings is 1. The molecule has 2 nitrogen and oxygen atoms in total. The Morgan fingerprint density at radius 3 is 2.71 bits per heavy atom. The third-order valence-electron chi connectivity index (χ3n) is 2.94. The van der Waals surface area contributed by atoms with Crippen molar-refractivity contribution in [2.75, 3.05) is 11.1 Å². The smallest absolute Gasteiger partial charge is 0.0579 e. The van der Waals surface area contributed by atoms with Gasteiger partial charge >= 0.3 is 0 Å². The third kappa shape index (κ3) is 1.80. The van der Waals surface area contributed by atoms with Gasteiger partial charge in [0.2, 0.25) is 0 Å². The van der Waals surface area contributed by atoms with E-state index in [1.54, 1.807) is 6.07 Å². The van der Waals surface area contributed by atoms with Gasteiger partial charge in [-0.3, -0.25) is 0 Å². The van der Waals surface area contributed by atoms with Crippen molar-refractivity contribution in [1.29, 1.82) is 0 Å². The van der Waals surface area contributed by atoms with Crippen molar-refractivity contribution in [1.82, 2.24) is 0 Å². The fraction of sp³-hybridized carbons (Fsp3) is 0.455. The van der Waals surface area contributed by atoms with Crippen LogP contribution in [0.25, 0.3) is 0 Å². The number of nitrogen functional groups attached to an aromatic ring is 1. The summed E-state index contributed by atoms with van der Waals surface area (Å²) in [5.41, 5.74) is 7.91. The summed E-state index contributed by atoms with van der Waals surface area (Å²) in [6.45, 7) is 2.20. The summed E-state index contributed by atoms with van der Waals surface area (Å²) >= 11 is 5.83. The Hall–Kier alpha value is -0.890. The molecular formula is C11H15ClN2. The summed E-state index contributed by atoms with van der Waals surface area (Å²) in [5.74, 6) is 0. The zero-order valence-electron chi connectivity index (χ0n) is 8.31. The van der Waals surface area contributed by atoms with Crippen LogP contribution in [0, 0.1) is 0 Å². The lowest BCUT2D eigenvalue weighted by Gasteiger charge is -2.18. The third-order valence-corrected chi connectivity index (χ3v) is 3.18. The molecule has 0 bridgehead atoms. The van der Waals surface area contributed by atoms with Gasteiger partial charge in [-0.1, -0.05) is 18.5 Å². The van der Waals surface area contributed by atoms with E-state index in [0.717, 1.165) is 17.8 Å². The molecular weight excluding hydrogens is 196 g/mol. The molecule has 0 aliphatic heterocycles. The van der Waals surface area contributed by atoms with Crippen LogP contribution in [0.5, 0.6) is 0 Å². The zero-order chi connectivity index (χ0) is 10.2. The molecule has 0 saturated heterocycles. The first-order valence-electron chi connectivity index (χ1n) is 4.98. The summed E-state index contributed by atoms with van der Waals surface area (Å²) in [6.07, 6.45) is 3.63. The van der Waals surface area contributed by atoms with Crippen molar-refractivity contribution in [3.63, 3.8) is 0 Å². The lowest BCUT2D eigenvalue weighted by Crippen LogP contribution is -2.20. The molecule has 1 aromatic carbocycles. The summed E-state index contributed by atoms with van der Waals surface area (Å²) in [7, 11) is 0. The molecule has 76 valence electrons. The van der Waals surface area contributed by atoms with Crippen LogP contribution in [0.3, 0.4) is 0 Å². The second-order valence-electron chi connectivity index (χ2n) is 3.99. The fourth-order valence-corrected chi connectivity index (χ4v) is 1.83. The van der Waals surface area contributed by atoms with Gasteiger partial charge in [-0.15, -0.1) is 0 Å². The number of hydrogen-bond donors (Lipinski definition) is 2. The van der Waals surface area contributed by atoms with Crippen molar-refractivity contribution in [3.8, 4) is 0 Å². The Morgan fingerprint density at radius 1 is 1.50 bits per heavy atom. The Kier molecular flexibility index (Phi) is 2.31. The van der Waals surface area contributed by atoms with Crippen molar-refractivity contribution in [2.45, 2.75) is 31.7 Å². The summed E-state index contributed by atoms with van der Waals surface area (Å²) in [5, 5.41) is 4.18. The normalized spacial score (nSPS) is 17.9. The summed E-state index contributed by atoms with van der Waals surface area (Å²) in [6, 6.07) is 5.61. The van der Waals surface area contributed by atoms with Gasteiger partial charge in [0, 0.05) is 10.6 Å². The highest BCUT2D eigenvalue weighted by Gasteiger charge is 2.40. The van der Waals surface area contributed by atoms with Gasteiger partial charge in [-0.25, -0.2) is 0 Å². The van der Waals surface area contributed by atoms with Gasteiger partial charge in [-0.05, 0) is 37.5 Å². The Morgan fingerprint density at radius 2 is 2.21 bits per heavy atom. The molecule has 3 N–H and O–H groups in total. The highest BCUT2D eigenvalue weighted by molar-refractivity contribution is 6.31. The predicted octanol–water partition coefficient (Wildman–Crippen LogP) is 3.28. The maximum Gasteiger partial charge on any atom is 0.0579 e. The van der Waals surface area contributed by atoms with Gasteiger partial charge in [0.15, 0.2) is 0 Å². The Bertz CT molecular complexity index is 345. The first-order valence-corrected chi connectivity index (χ1v) is 5.36. The minimum Gasteiger partial charge on any atom is -0.397 e. The van der Waals surface area contributed by atoms with Gasteiger partial charge in [0.05, 0.1) is 11.4 Å². The second-order valence-corrected chi connectivity index (χ2v) is 4.43. The van der Waals surface area contributed by atoms with Gasteiger partial charge in [-0.2, -0.15) is 0 Å². The van der Waals surface area contributed by atoms with Crippen molar-refractivity contribution < 1.29 is 0 Å². The van der Waals surface area contributed by atoms with Crippen LogP contribution < -0.4 is 11.1 Å². The molecule has 0 heterocycles. The van der Waals surface area contributed by atoms with Crippen LogP contribution in [0.2, 0.25) is 5.02 Å². The van der Waals surface area contributed by atoms with Gasteiger partial charge in [0.1, 0.15) is 0 Å². The fourth-order valence-electron chi connectivity index (χ4n) is 1.65. The van der Waals surface area contributed by atoms with Crippen molar-refractivity contribution >= 4 is 23.0 Å². The Balaban J connectivity index is 2.17.